The Bertz CT molecular complexity index is 2940. The molecule has 4 N–H and O–H groups in total. The molecule has 1 fully saturated rings. The first kappa shape index (κ1) is 52.7. The third-order valence-electron chi connectivity index (χ3n) is 10.2. The number of nitrogens with two attached hydrogens (primary N) is 1. The quantitative estimate of drug-likeness (QED) is 0.0410. The predicted octanol–water partition coefficient (Wildman–Crippen LogP) is 9.94. The van der Waals surface area contributed by atoms with E-state index in [4.69, 9.17) is 48.6 Å². The number of rotatable bonds is 9. The minimum absolute atomic E-state index is 0. The van der Waals surface area contributed by atoms with E-state index in [9.17, 15) is 19.2 Å². The molecule has 1 aliphatic rings. The van der Waals surface area contributed by atoms with Crippen molar-refractivity contribution < 1.29 is 37.5 Å². The van der Waals surface area contributed by atoms with Crippen LogP contribution in [0.1, 0.15) is 61.8 Å². The molecule has 9 rings (SSSR count). The van der Waals surface area contributed by atoms with Crippen molar-refractivity contribution in [2.45, 2.75) is 41.0 Å². The number of hydrogen-bond donors (Lipinski definition) is 3. The van der Waals surface area contributed by atoms with Crippen molar-refractivity contribution in [1.29, 1.82) is 0 Å². The summed E-state index contributed by atoms with van der Waals surface area (Å²) in [7, 11) is 5.43. The molecule has 0 aliphatic carbocycles. The van der Waals surface area contributed by atoms with Crippen LogP contribution in [0.5, 0.6) is 11.5 Å². The normalized spacial score (nSPS) is 11.3. The van der Waals surface area contributed by atoms with Gasteiger partial charge in [-0.05, 0) is 152 Å². The van der Waals surface area contributed by atoms with Crippen LogP contribution in [0.3, 0.4) is 0 Å². The second kappa shape index (κ2) is 26.9. The molecule has 6 aromatic carbocycles. The number of benzene rings is 6. The zero-order chi connectivity index (χ0) is 47.4. The second-order valence-electron chi connectivity index (χ2n) is 14.4. The zero-order valence-corrected chi connectivity index (χ0v) is 37.6. The highest BCUT2D eigenvalue weighted by atomic mass is 35.5. The van der Waals surface area contributed by atoms with E-state index in [-0.39, 0.29) is 19.0 Å². The maximum atomic E-state index is 12.5. The molecular weight excluding hydrogens is 872 g/mol. The van der Waals surface area contributed by atoms with E-state index in [0.717, 1.165) is 34.8 Å². The van der Waals surface area contributed by atoms with Crippen LogP contribution in [0.2, 0.25) is 0 Å². The molecule has 2 aromatic heterocycles. The van der Waals surface area contributed by atoms with E-state index in [1.54, 1.807) is 84.9 Å². The summed E-state index contributed by atoms with van der Waals surface area (Å²) in [6.45, 7) is 12.1. The SMILES string of the molecule is C.C1CCOC1.CCN(CC)CC.Nc1ccc2oc(=O)c3ccccc3c2c1.O=C(Nc1ccc2oc(=O)c3ccccc3c2c1)c1ccc(O[B]O)cc1.[B]Oc1ccc(C(=O)Cl)cc1. The highest BCUT2D eigenvalue weighted by Crippen LogP contribution is 2.27. The fraction of sp³-hybridized carbons (Fsp3) is 0.216. The number of amides is 1. The van der Waals surface area contributed by atoms with Crippen molar-refractivity contribution in [2.24, 2.45) is 0 Å². The summed E-state index contributed by atoms with van der Waals surface area (Å²) in [5.74, 6) is 0.614. The molecule has 8 aromatic rings. The van der Waals surface area contributed by atoms with Crippen molar-refractivity contribution in [3.63, 3.8) is 0 Å². The van der Waals surface area contributed by atoms with Crippen LogP contribution in [-0.2, 0) is 4.74 Å². The lowest BCUT2D eigenvalue weighted by Gasteiger charge is -2.13. The number of anilines is 2. The molecule has 1 amide bonds. The van der Waals surface area contributed by atoms with Gasteiger partial charge < -0.3 is 43.9 Å². The van der Waals surface area contributed by atoms with Crippen LogP contribution in [0.15, 0.2) is 152 Å². The highest BCUT2D eigenvalue weighted by Gasteiger charge is 2.11. The largest absolute Gasteiger partial charge is 0.569 e. The van der Waals surface area contributed by atoms with Gasteiger partial charge in [0.2, 0.25) is 0 Å². The van der Waals surface area contributed by atoms with E-state index in [1.807, 2.05) is 36.4 Å². The fourth-order valence-electron chi connectivity index (χ4n) is 6.65. The van der Waals surface area contributed by atoms with E-state index in [0.29, 0.717) is 63.6 Å². The zero-order valence-electron chi connectivity index (χ0n) is 36.8. The van der Waals surface area contributed by atoms with Gasteiger partial charge in [0.1, 0.15) is 16.9 Å². The first-order valence-electron chi connectivity index (χ1n) is 21.2. The van der Waals surface area contributed by atoms with Crippen molar-refractivity contribution in [2.75, 3.05) is 43.9 Å². The molecule has 16 heteroatoms. The molecule has 1 saturated heterocycles. The monoisotopic (exact) mass is 924 g/mol. The summed E-state index contributed by atoms with van der Waals surface area (Å²) in [4.78, 5) is 49.1. The second-order valence-corrected chi connectivity index (χ2v) is 14.7. The van der Waals surface area contributed by atoms with Gasteiger partial charge in [0.05, 0.1) is 16.5 Å². The van der Waals surface area contributed by atoms with Gasteiger partial charge in [-0.2, -0.15) is 0 Å². The summed E-state index contributed by atoms with van der Waals surface area (Å²) in [5, 5.41) is 15.3. The van der Waals surface area contributed by atoms with Gasteiger partial charge in [0.25, 0.3) is 11.1 Å². The number of fused-ring (bicyclic) bond motifs is 6. The minimum atomic E-state index is -0.492. The van der Waals surface area contributed by atoms with Crippen LogP contribution < -0.4 is 31.6 Å². The third kappa shape index (κ3) is 15.1. The van der Waals surface area contributed by atoms with Crippen molar-refractivity contribution >= 4 is 93.3 Å². The molecule has 0 spiro atoms. The molecule has 13 nitrogen and oxygen atoms in total. The van der Waals surface area contributed by atoms with Gasteiger partial charge in [0.15, 0.2) is 0 Å². The molecule has 0 saturated carbocycles. The topological polar surface area (TPSA) is 184 Å². The Hall–Kier alpha value is -6.90. The van der Waals surface area contributed by atoms with E-state index in [2.05, 4.69) is 35.6 Å². The summed E-state index contributed by atoms with van der Waals surface area (Å²) in [6, 6.07) is 37.4. The Labute approximate surface area is 396 Å². The summed E-state index contributed by atoms with van der Waals surface area (Å²) in [6.07, 6.45) is 2.56. The molecule has 345 valence electrons. The van der Waals surface area contributed by atoms with E-state index >= 15 is 0 Å². The minimum Gasteiger partial charge on any atom is -0.568 e. The molecule has 3 radical (unpaired) electrons. The lowest BCUT2D eigenvalue weighted by molar-refractivity contribution is 0.102. The van der Waals surface area contributed by atoms with Crippen molar-refractivity contribution in [3.05, 3.63) is 165 Å². The molecule has 0 bridgehead atoms. The van der Waals surface area contributed by atoms with Crippen LogP contribution in [0.4, 0.5) is 11.4 Å². The van der Waals surface area contributed by atoms with Crippen LogP contribution in [-0.4, -0.2) is 69.7 Å². The van der Waals surface area contributed by atoms with Gasteiger partial charge >= 0.3 is 27.0 Å². The number of carbonyl (C=O) groups excluding carboxylic acids is 2. The van der Waals surface area contributed by atoms with Gasteiger partial charge in [-0.3, -0.25) is 9.59 Å². The molecule has 0 atom stereocenters. The summed E-state index contributed by atoms with van der Waals surface area (Å²) in [5.41, 5.74) is 8.15. The number of hydrogen-bond acceptors (Lipinski definition) is 12. The average Bonchev–Trinajstić information content (AvgIpc) is 3.95. The standard InChI is InChI=1S/C20H13BNO5.C13H9NO2.C7H4BClO2.C6H15N.C4H8O.CH4/c23-19(12-5-8-14(9-6-12)27-21-25)22-13-7-10-18-17(11-13)15-3-1-2-4-16(15)20(24)26-18;14-8-5-6-12-11(7-8)9-3-1-2-4-10(9)13(15)16-12;8-11-6-3-1-5(2-4-6)7(9)10;1-4-7(5-2)6-3;1-2-4-5-3-1;/h1-11,25H,(H,22,23);1-7H,14H2;1-4H;4-6H2,1-3H3;1-4H2;1H4. The number of carbonyl (C=O) groups is 2. The van der Waals surface area contributed by atoms with E-state index < -0.39 is 10.9 Å². The number of nitrogens with zero attached hydrogens (tertiary/aromatic N) is 1. The third-order valence-corrected chi connectivity index (χ3v) is 10.4. The number of nitrogen functional groups attached to an aromatic ring is 1. The number of ether oxygens (including phenoxy) is 1. The van der Waals surface area contributed by atoms with Crippen molar-refractivity contribution in [3.8, 4) is 11.5 Å². The lowest BCUT2D eigenvalue weighted by Crippen LogP contribution is -2.21. The van der Waals surface area contributed by atoms with Gasteiger partial charge in [-0.15, -0.1) is 0 Å². The maximum absolute atomic E-state index is 12.5. The summed E-state index contributed by atoms with van der Waals surface area (Å²) >= 11 is 5.19. The summed E-state index contributed by atoms with van der Waals surface area (Å²) < 4.78 is 24.7. The number of halogens is 1. The maximum Gasteiger partial charge on any atom is 0.569 e. The van der Waals surface area contributed by atoms with Gasteiger partial charge in [-0.25, -0.2) is 9.59 Å². The molecule has 0 unspecified atom stereocenters. The highest BCUT2D eigenvalue weighted by molar-refractivity contribution is 6.67. The lowest BCUT2D eigenvalue weighted by atomic mass is 10.1. The van der Waals surface area contributed by atoms with Gasteiger partial charge in [0, 0.05) is 46.5 Å². The average molecular weight is 925 g/mol. The van der Waals surface area contributed by atoms with E-state index in [1.165, 1.54) is 44.6 Å². The Morgan fingerprint density at radius 2 is 1.16 bits per heavy atom. The Balaban J connectivity index is 0.000000207. The molecular formula is C51H53B2ClN3O10. The van der Waals surface area contributed by atoms with Crippen LogP contribution in [0.25, 0.3) is 43.5 Å². The molecule has 1 aliphatic heterocycles. The smallest absolute Gasteiger partial charge is 0.568 e. The Kier molecular flexibility index (Phi) is 21.2. The molecule has 67 heavy (non-hydrogen) atoms. The number of nitrogens with one attached hydrogen (secondary N) is 1. The Morgan fingerprint density at radius 1 is 0.687 bits per heavy atom. The van der Waals surface area contributed by atoms with Crippen molar-refractivity contribution in [1.82, 2.24) is 4.90 Å². The first-order valence-corrected chi connectivity index (χ1v) is 21.5. The fourth-order valence-corrected chi connectivity index (χ4v) is 6.78. The van der Waals surface area contributed by atoms with Gasteiger partial charge in [-0.1, -0.05) is 64.6 Å². The van der Waals surface area contributed by atoms with Crippen LogP contribution in [0, 0.1) is 0 Å². The predicted molar refractivity (Wildman–Crippen MR) is 271 cm³/mol. The first-order chi connectivity index (χ1) is 32.0. The molecule has 3 heterocycles. The Morgan fingerprint density at radius 3 is 1.61 bits per heavy atom. The van der Waals surface area contributed by atoms with Crippen LogP contribution >= 0.6 is 11.6 Å².